The molecule has 0 aliphatic carbocycles. The highest BCUT2D eigenvalue weighted by Crippen LogP contribution is 2.28. The van der Waals surface area contributed by atoms with Crippen LogP contribution < -0.4 is 5.32 Å². The minimum absolute atomic E-state index is 0.255. The van der Waals surface area contributed by atoms with Crippen LogP contribution in [0.5, 0.6) is 5.75 Å². The molecule has 2 N–H and O–H groups in total. The first-order valence-electron chi connectivity index (χ1n) is 7.35. The Balaban J connectivity index is 1.63. The second kappa shape index (κ2) is 6.35. The van der Waals surface area contributed by atoms with Gasteiger partial charge in [0.25, 0.3) is 0 Å². The molecule has 0 amide bonds. The van der Waals surface area contributed by atoms with Crippen molar-refractivity contribution in [2.24, 2.45) is 0 Å². The summed E-state index contributed by atoms with van der Waals surface area (Å²) in [5.41, 5.74) is 1.50. The number of nitrogens with zero attached hydrogens (tertiary/aromatic N) is 2. The van der Waals surface area contributed by atoms with Gasteiger partial charge in [0.1, 0.15) is 5.75 Å². The van der Waals surface area contributed by atoms with Gasteiger partial charge < -0.3 is 15.0 Å². The van der Waals surface area contributed by atoms with Crippen LogP contribution in [0.3, 0.4) is 0 Å². The fraction of sp³-hybridized carbons (Fsp3) is 0.167. The molecule has 0 saturated carbocycles. The van der Waals surface area contributed by atoms with Gasteiger partial charge in [-0.2, -0.15) is 0 Å². The molecule has 0 unspecified atom stereocenters. The van der Waals surface area contributed by atoms with Gasteiger partial charge in [0.15, 0.2) is 0 Å². The summed E-state index contributed by atoms with van der Waals surface area (Å²) in [6.45, 7) is 5.74. The standard InChI is InChI=1S/C18H19N3O/c1-14(20-7-4-9-21-10-8-19-13-21)17-11-15-5-2-3-6-16(15)12-18(17)22/h2-3,5-6,8,10-13,20,22H,1,4,7,9H2. The summed E-state index contributed by atoms with van der Waals surface area (Å²) in [5, 5.41) is 15.6. The van der Waals surface area contributed by atoms with E-state index in [1.165, 1.54) is 0 Å². The number of benzene rings is 2. The van der Waals surface area contributed by atoms with Crippen molar-refractivity contribution in [3.05, 3.63) is 67.3 Å². The zero-order chi connectivity index (χ0) is 15.4. The summed E-state index contributed by atoms with van der Waals surface area (Å²) in [4.78, 5) is 4.02. The van der Waals surface area contributed by atoms with Crippen LogP contribution in [0.15, 0.2) is 61.7 Å². The summed E-state index contributed by atoms with van der Waals surface area (Å²) >= 11 is 0. The van der Waals surface area contributed by atoms with Crippen molar-refractivity contribution in [3.8, 4) is 5.75 Å². The van der Waals surface area contributed by atoms with Crippen molar-refractivity contribution in [3.63, 3.8) is 0 Å². The van der Waals surface area contributed by atoms with Crippen molar-refractivity contribution >= 4 is 16.5 Å². The van der Waals surface area contributed by atoms with Crippen LogP contribution in [0.4, 0.5) is 0 Å². The lowest BCUT2D eigenvalue weighted by molar-refractivity contribution is 0.474. The van der Waals surface area contributed by atoms with Crippen LogP contribution in [0, 0.1) is 0 Å². The number of phenols is 1. The SMILES string of the molecule is C=C(NCCCn1ccnc1)c1cc2ccccc2cc1O. The van der Waals surface area contributed by atoms with Gasteiger partial charge >= 0.3 is 0 Å². The van der Waals surface area contributed by atoms with E-state index >= 15 is 0 Å². The van der Waals surface area contributed by atoms with Gasteiger partial charge in [-0.3, -0.25) is 0 Å². The molecule has 2 aromatic carbocycles. The van der Waals surface area contributed by atoms with Crippen LogP contribution in [0.2, 0.25) is 0 Å². The fourth-order valence-corrected chi connectivity index (χ4v) is 2.49. The Labute approximate surface area is 129 Å². The van der Waals surface area contributed by atoms with E-state index in [9.17, 15) is 5.11 Å². The highest BCUT2D eigenvalue weighted by molar-refractivity contribution is 5.88. The molecule has 1 heterocycles. The van der Waals surface area contributed by atoms with E-state index in [4.69, 9.17) is 0 Å². The lowest BCUT2D eigenvalue weighted by Crippen LogP contribution is -2.14. The van der Waals surface area contributed by atoms with Gasteiger partial charge in [0.05, 0.1) is 6.33 Å². The second-order valence-corrected chi connectivity index (χ2v) is 5.28. The molecule has 0 saturated heterocycles. The first kappa shape index (κ1) is 14.2. The quantitative estimate of drug-likeness (QED) is 0.685. The average Bonchev–Trinajstić information content (AvgIpc) is 3.04. The molecule has 3 rings (SSSR count). The molecule has 1 aromatic heterocycles. The van der Waals surface area contributed by atoms with Gasteiger partial charge in [-0.05, 0) is 29.3 Å². The lowest BCUT2D eigenvalue weighted by Gasteiger charge is -2.12. The number of fused-ring (bicyclic) bond motifs is 1. The predicted molar refractivity (Wildman–Crippen MR) is 89.5 cm³/mol. The first-order chi connectivity index (χ1) is 10.7. The highest BCUT2D eigenvalue weighted by atomic mass is 16.3. The zero-order valence-corrected chi connectivity index (χ0v) is 12.4. The summed E-state index contributed by atoms with van der Waals surface area (Å²) < 4.78 is 2.04. The minimum atomic E-state index is 0.255. The molecule has 0 radical (unpaired) electrons. The molecule has 22 heavy (non-hydrogen) atoms. The van der Waals surface area contributed by atoms with E-state index in [1.807, 2.05) is 47.4 Å². The predicted octanol–water partition coefficient (Wildman–Crippen LogP) is 3.39. The molecule has 0 aliphatic heterocycles. The number of imidazole rings is 1. The van der Waals surface area contributed by atoms with E-state index in [0.717, 1.165) is 41.5 Å². The maximum atomic E-state index is 10.2. The minimum Gasteiger partial charge on any atom is -0.507 e. The van der Waals surface area contributed by atoms with Crippen molar-refractivity contribution in [2.75, 3.05) is 6.54 Å². The van der Waals surface area contributed by atoms with E-state index in [0.29, 0.717) is 0 Å². The average molecular weight is 293 g/mol. The van der Waals surface area contributed by atoms with Crippen molar-refractivity contribution in [1.29, 1.82) is 0 Å². The summed E-state index contributed by atoms with van der Waals surface area (Å²) in [6, 6.07) is 11.7. The Morgan fingerprint density at radius 2 is 2.00 bits per heavy atom. The monoisotopic (exact) mass is 293 g/mol. The molecule has 4 heteroatoms. The lowest BCUT2D eigenvalue weighted by atomic mass is 10.0. The molecule has 0 aliphatic rings. The maximum absolute atomic E-state index is 10.2. The van der Waals surface area contributed by atoms with Crippen LogP contribution in [-0.4, -0.2) is 21.2 Å². The Morgan fingerprint density at radius 3 is 2.73 bits per heavy atom. The van der Waals surface area contributed by atoms with Crippen molar-refractivity contribution in [2.45, 2.75) is 13.0 Å². The number of hydrogen-bond acceptors (Lipinski definition) is 3. The van der Waals surface area contributed by atoms with E-state index < -0.39 is 0 Å². The molecular formula is C18H19N3O. The van der Waals surface area contributed by atoms with Gasteiger partial charge in [-0.15, -0.1) is 0 Å². The third-order valence-corrected chi connectivity index (χ3v) is 3.68. The van der Waals surface area contributed by atoms with E-state index in [2.05, 4.69) is 16.9 Å². The number of nitrogens with one attached hydrogen (secondary N) is 1. The third-order valence-electron chi connectivity index (χ3n) is 3.68. The fourth-order valence-electron chi connectivity index (χ4n) is 2.49. The number of aromatic hydroxyl groups is 1. The summed E-state index contributed by atoms with van der Waals surface area (Å²) in [6.07, 6.45) is 6.50. The zero-order valence-electron chi connectivity index (χ0n) is 12.4. The van der Waals surface area contributed by atoms with Gasteiger partial charge in [-0.1, -0.05) is 30.8 Å². The molecule has 0 fully saturated rings. The van der Waals surface area contributed by atoms with Crippen molar-refractivity contribution in [1.82, 2.24) is 14.9 Å². The number of hydrogen-bond donors (Lipinski definition) is 2. The first-order valence-corrected chi connectivity index (χ1v) is 7.35. The summed E-state index contributed by atoms with van der Waals surface area (Å²) in [5.74, 6) is 0.255. The summed E-state index contributed by atoms with van der Waals surface area (Å²) in [7, 11) is 0. The normalized spacial score (nSPS) is 10.7. The molecule has 0 spiro atoms. The molecule has 112 valence electrons. The number of phenolic OH excluding ortho intramolecular Hbond substituents is 1. The smallest absolute Gasteiger partial charge is 0.125 e. The second-order valence-electron chi connectivity index (χ2n) is 5.28. The third kappa shape index (κ3) is 3.11. The number of aryl methyl sites for hydroxylation is 1. The van der Waals surface area contributed by atoms with Gasteiger partial charge in [0, 0.05) is 36.7 Å². The largest absolute Gasteiger partial charge is 0.507 e. The maximum Gasteiger partial charge on any atom is 0.125 e. The van der Waals surface area contributed by atoms with Crippen LogP contribution in [-0.2, 0) is 6.54 Å². The Morgan fingerprint density at radius 1 is 1.23 bits per heavy atom. The van der Waals surface area contributed by atoms with Crippen LogP contribution >= 0.6 is 0 Å². The van der Waals surface area contributed by atoms with Crippen LogP contribution in [0.25, 0.3) is 16.5 Å². The van der Waals surface area contributed by atoms with E-state index in [-0.39, 0.29) is 5.75 Å². The Kier molecular flexibility index (Phi) is 4.10. The van der Waals surface area contributed by atoms with Crippen molar-refractivity contribution < 1.29 is 5.11 Å². The Bertz CT molecular complexity index is 778. The van der Waals surface area contributed by atoms with E-state index in [1.54, 1.807) is 12.3 Å². The molecule has 4 nitrogen and oxygen atoms in total. The molecule has 0 bridgehead atoms. The topological polar surface area (TPSA) is 50.1 Å². The molecule has 3 aromatic rings. The Hall–Kier alpha value is -2.75. The highest BCUT2D eigenvalue weighted by Gasteiger charge is 2.07. The number of aromatic nitrogens is 2. The van der Waals surface area contributed by atoms with Crippen LogP contribution in [0.1, 0.15) is 12.0 Å². The molecular weight excluding hydrogens is 274 g/mol. The number of rotatable bonds is 6. The molecule has 0 atom stereocenters. The van der Waals surface area contributed by atoms with Gasteiger partial charge in [-0.25, -0.2) is 4.98 Å². The van der Waals surface area contributed by atoms with Gasteiger partial charge in [0.2, 0.25) is 0 Å².